The molecule has 1 aliphatic carbocycles. The normalized spacial score (nSPS) is 23.7. The summed E-state index contributed by atoms with van der Waals surface area (Å²) >= 11 is 12.6. The van der Waals surface area contributed by atoms with Gasteiger partial charge in [-0.05, 0) is 62.8 Å². The minimum absolute atomic E-state index is 0.630. The van der Waals surface area contributed by atoms with Crippen molar-refractivity contribution in [3.63, 3.8) is 0 Å². The van der Waals surface area contributed by atoms with Crippen molar-refractivity contribution in [3.05, 3.63) is 52.5 Å². The van der Waals surface area contributed by atoms with Crippen LogP contribution in [0.5, 0.6) is 0 Å². The molecule has 2 aromatic rings. The molecule has 4 rings (SSSR count). The number of anilines is 1. The van der Waals surface area contributed by atoms with Crippen molar-refractivity contribution in [2.24, 2.45) is 5.92 Å². The third kappa shape index (κ3) is 4.79. The Kier molecular flexibility index (Phi) is 6.71. The van der Waals surface area contributed by atoms with Gasteiger partial charge in [-0.25, -0.2) is 9.97 Å². The molecule has 2 heterocycles. The van der Waals surface area contributed by atoms with Crippen LogP contribution in [-0.2, 0) is 0 Å². The largest absolute Gasteiger partial charge is 0.368 e. The van der Waals surface area contributed by atoms with Crippen molar-refractivity contribution in [1.82, 2.24) is 14.9 Å². The molecule has 1 saturated carbocycles. The number of hydrogen-bond donors (Lipinski definition) is 0. The van der Waals surface area contributed by atoms with E-state index in [1.807, 2.05) is 18.3 Å². The Morgan fingerprint density at radius 3 is 2.46 bits per heavy atom. The van der Waals surface area contributed by atoms with Crippen LogP contribution in [0.1, 0.15) is 43.7 Å². The van der Waals surface area contributed by atoms with E-state index < -0.39 is 0 Å². The number of nitrogens with zero attached hydrogens (tertiary/aromatic N) is 4. The molecule has 150 valence electrons. The van der Waals surface area contributed by atoms with Gasteiger partial charge in [0.15, 0.2) is 0 Å². The monoisotopic (exact) mass is 418 g/mol. The topological polar surface area (TPSA) is 32.3 Å². The minimum atomic E-state index is 0.630. The Balaban J connectivity index is 1.20. The lowest BCUT2D eigenvalue weighted by molar-refractivity contribution is 0.216. The van der Waals surface area contributed by atoms with Crippen LogP contribution in [0.25, 0.3) is 0 Å². The second kappa shape index (κ2) is 9.43. The van der Waals surface area contributed by atoms with Crippen LogP contribution in [0.3, 0.4) is 0 Å². The average Bonchev–Trinajstić information content (AvgIpc) is 2.76. The molecule has 0 unspecified atom stereocenters. The molecule has 6 heteroatoms. The molecule has 1 aliphatic heterocycles. The first-order chi connectivity index (χ1) is 13.7. The molecule has 0 radical (unpaired) electrons. The van der Waals surface area contributed by atoms with Crippen molar-refractivity contribution in [2.75, 3.05) is 37.6 Å². The molecule has 28 heavy (non-hydrogen) atoms. The maximum atomic E-state index is 6.39. The zero-order valence-electron chi connectivity index (χ0n) is 16.2. The highest BCUT2D eigenvalue weighted by Crippen LogP contribution is 2.36. The molecule has 2 fully saturated rings. The fourth-order valence-electron chi connectivity index (χ4n) is 4.60. The number of benzene rings is 1. The zero-order valence-corrected chi connectivity index (χ0v) is 17.7. The third-order valence-electron chi connectivity index (χ3n) is 6.37. The maximum absolute atomic E-state index is 6.39. The molecule has 0 bridgehead atoms. The maximum Gasteiger partial charge on any atom is 0.115 e. The van der Waals surface area contributed by atoms with Crippen LogP contribution < -0.4 is 4.90 Å². The number of aromatic nitrogens is 2. The lowest BCUT2D eigenvalue weighted by atomic mass is 9.79. The summed E-state index contributed by atoms with van der Waals surface area (Å²) in [6, 6.07) is 7.98. The quantitative estimate of drug-likeness (QED) is 0.661. The van der Waals surface area contributed by atoms with Crippen LogP contribution >= 0.6 is 23.2 Å². The predicted molar refractivity (Wildman–Crippen MR) is 116 cm³/mol. The Morgan fingerprint density at radius 1 is 0.964 bits per heavy atom. The SMILES string of the molecule is Clc1cccc(N2CCN(CCC3CCC(c4ccncn4)CC3)CC2)c1Cl. The van der Waals surface area contributed by atoms with Crippen LogP contribution in [-0.4, -0.2) is 47.6 Å². The highest BCUT2D eigenvalue weighted by Gasteiger charge is 2.25. The second-order valence-corrected chi connectivity index (χ2v) is 8.83. The van der Waals surface area contributed by atoms with Crippen molar-refractivity contribution in [2.45, 2.75) is 38.0 Å². The zero-order chi connectivity index (χ0) is 19.3. The highest BCUT2D eigenvalue weighted by molar-refractivity contribution is 6.43. The summed E-state index contributed by atoms with van der Waals surface area (Å²) in [7, 11) is 0. The van der Waals surface area contributed by atoms with Crippen LogP contribution in [0.4, 0.5) is 5.69 Å². The molecule has 0 spiro atoms. The molecule has 1 saturated heterocycles. The average molecular weight is 419 g/mol. The second-order valence-electron chi connectivity index (χ2n) is 8.04. The van der Waals surface area contributed by atoms with Gasteiger partial charge >= 0.3 is 0 Å². The van der Waals surface area contributed by atoms with Gasteiger partial charge in [-0.3, -0.25) is 4.90 Å². The first-order valence-corrected chi connectivity index (χ1v) is 11.1. The van der Waals surface area contributed by atoms with E-state index in [2.05, 4.69) is 31.9 Å². The molecule has 0 amide bonds. The molecule has 1 aromatic carbocycles. The molecule has 0 atom stereocenters. The highest BCUT2D eigenvalue weighted by atomic mass is 35.5. The summed E-state index contributed by atoms with van der Waals surface area (Å²) < 4.78 is 0. The lowest BCUT2D eigenvalue weighted by Gasteiger charge is -2.37. The number of piperazine rings is 1. The van der Waals surface area contributed by atoms with E-state index in [1.165, 1.54) is 44.3 Å². The third-order valence-corrected chi connectivity index (χ3v) is 7.18. The van der Waals surface area contributed by atoms with E-state index in [4.69, 9.17) is 23.2 Å². The summed E-state index contributed by atoms with van der Waals surface area (Å²) in [6.07, 6.45) is 10.0. The summed E-state index contributed by atoms with van der Waals surface area (Å²) in [5, 5.41) is 1.32. The fourth-order valence-corrected chi connectivity index (χ4v) is 5.02. The fraction of sp³-hybridized carbons (Fsp3) is 0.545. The predicted octanol–water partition coefficient (Wildman–Crippen LogP) is 5.27. The van der Waals surface area contributed by atoms with Gasteiger partial charge < -0.3 is 4.90 Å². The first-order valence-electron chi connectivity index (χ1n) is 10.4. The number of rotatable bonds is 5. The molecular weight excluding hydrogens is 391 g/mol. The molecule has 4 nitrogen and oxygen atoms in total. The molecule has 0 N–H and O–H groups in total. The van der Waals surface area contributed by atoms with Crippen molar-refractivity contribution < 1.29 is 0 Å². The van der Waals surface area contributed by atoms with Crippen molar-refractivity contribution >= 4 is 28.9 Å². The van der Waals surface area contributed by atoms with Crippen molar-refractivity contribution in [1.29, 1.82) is 0 Å². The van der Waals surface area contributed by atoms with Gasteiger partial charge in [-0.2, -0.15) is 0 Å². The summed E-state index contributed by atoms with van der Waals surface area (Å²) in [4.78, 5) is 13.4. The van der Waals surface area contributed by atoms with Crippen LogP contribution in [0, 0.1) is 5.92 Å². The van der Waals surface area contributed by atoms with Crippen LogP contribution in [0.2, 0.25) is 10.0 Å². The van der Waals surface area contributed by atoms with E-state index in [1.54, 1.807) is 6.33 Å². The Labute approximate surface area is 177 Å². The Hall–Kier alpha value is -1.36. The minimum Gasteiger partial charge on any atom is -0.368 e. The van der Waals surface area contributed by atoms with Crippen molar-refractivity contribution in [3.8, 4) is 0 Å². The van der Waals surface area contributed by atoms with E-state index in [-0.39, 0.29) is 0 Å². The van der Waals surface area contributed by atoms with Gasteiger partial charge in [0.1, 0.15) is 6.33 Å². The molecule has 1 aromatic heterocycles. The standard InChI is InChI=1S/C22H28Cl2N4/c23-19-2-1-3-21(22(19)24)28-14-12-27(13-15-28)11-9-17-4-6-18(7-5-17)20-8-10-25-16-26-20/h1-3,8,10,16-18H,4-7,9,11-15H2. The smallest absolute Gasteiger partial charge is 0.115 e. The van der Waals surface area contributed by atoms with Gasteiger partial charge in [0.2, 0.25) is 0 Å². The lowest BCUT2D eigenvalue weighted by Crippen LogP contribution is -2.47. The van der Waals surface area contributed by atoms with Gasteiger partial charge in [-0.1, -0.05) is 29.3 Å². The first kappa shape index (κ1) is 19.9. The van der Waals surface area contributed by atoms with Gasteiger partial charge in [0, 0.05) is 44.0 Å². The van der Waals surface area contributed by atoms with E-state index >= 15 is 0 Å². The Morgan fingerprint density at radius 2 is 1.75 bits per heavy atom. The number of hydrogen-bond acceptors (Lipinski definition) is 4. The van der Waals surface area contributed by atoms with Crippen LogP contribution in [0.15, 0.2) is 36.8 Å². The number of halogens is 2. The van der Waals surface area contributed by atoms with Gasteiger partial charge in [-0.15, -0.1) is 0 Å². The summed E-state index contributed by atoms with van der Waals surface area (Å²) in [5.41, 5.74) is 2.29. The molecular formula is C22H28Cl2N4. The molecule has 2 aliphatic rings. The van der Waals surface area contributed by atoms with Gasteiger partial charge in [0.25, 0.3) is 0 Å². The Bertz CT molecular complexity index is 754. The van der Waals surface area contributed by atoms with E-state index in [0.29, 0.717) is 16.0 Å². The van der Waals surface area contributed by atoms with E-state index in [9.17, 15) is 0 Å². The summed E-state index contributed by atoms with van der Waals surface area (Å²) in [5.74, 6) is 1.49. The van der Waals surface area contributed by atoms with Gasteiger partial charge in [0.05, 0.1) is 15.7 Å². The van der Waals surface area contributed by atoms with E-state index in [0.717, 1.165) is 37.8 Å². The summed E-state index contributed by atoms with van der Waals surface area (Å²) in [6.45, 7) is 5.43.